The first kappa shape index (κ1) is 21.9. The second-order valence-electron chi connectivity index (χ2n) is 9.72. The predicted octanol–water partition coefficient (Wildman–Crippen LogP) is 4.89. The number of rotatable bonds is 3. The van der Waals surface area contributed by atoms with Crippen LogP contribution in [-0.4, -0.2) is 29.2 Å². The molecule has 7 atom stereocenters. The lowest BCUT2D eigenvalue weighted by molar-refractivity contribution is -0.123. The van der Waals surface area contributed by atoms with Crippen LogP contribution in [0.5, 0.6) is 5.75 Å². The largest absolute Gasteiger partial charge is 0.497 e. The van der Waals surface area contributed by atoms with Crippen molar-refractivity contribution in [3.05, 3.63) is 73.1 Å². The minimum Gasteiger partial charge on any atom is -0.497 e. The molecule has 9 heteroatoms. The number of halogens is 1. The van der Waals surface area contributed by atoms with Crippen LogP contribution in [0.2, 0.25) is 0 Å². The van der Waals surface area contributed by atoms with E-state index >= 15 is 0 Å². The molecule has 3 fully saturated rings. The number of ether oxygens (including phenoxy) is 1. The average molecular weight is 570 g/mol. The Balaban J connectivity index is 1.30. The molecule has 0 spiro atoms. The van der Waals surface area contributed by atoms with Gasteiger partial charge in [-0.3, -0.25) is 19.3 Å². The quantitative estimate of drug-likeness (QED) is 0.455. The van der Waals surface area contributed by atoms with Gasteiger partial charge in [0, 0.05) is 20.5 Å². The molecular weight excluding hydrogens is 548 g/mol. The molecule has 4 aliphatic rings. The van der Waals surface area contributed by atoms with Crippen molar-refractivity contribution in [3.8, 4) is 5.75 Å². The summed E-state index contributed by atoms with van der Waals surface area (Å²) in [4.78, 5) is 45.2. The number of hydrogen-bond acceptors (Lipinski definition) is 6. The van der Waals surface area contributed by atoms with Gasteiger partial charge in [0.1, 0.15) is 5.75 Å². The highest BCUT2D eigenvalue weighted by Crippen LogP contribution is 2.68. The average Bonchev–Trinajstić information content (AvgIpc) is 3.59. The van der Waals surface area contributed by atoms with Crippen LogP contribution in [0.1, 0.15) is 22.8 Å². The van der Waals surface area contributed by atoms with Crippen molar-refractivity contribution in [1.29, 1.82) is 0 Å². The lowest BCUT2D eigenvalue weighted by Crippen LogP contribution is -2.42. The molecule has 35 heavy (non-hydrogen) atoms. The van der Waals surface area contributed by atoms with Crippen LogP contribution in [0.3, 0.4) is 0 Å². The van der Waals surface area contributed by atoms with Crippen molar-refractivity contribution in [2.24, 2.45) is 29.6 Å². The number of imide groups is 1. The topological polar surface area (TPSA) is 79.5 Å². The summed E-state index contributed by atoms with van der Waals surface area (Å²) < 4.78 is 6.25. The molecule has 0 radical (unpaired) electrons. The van der Waals surface area contributed by atoms with Gasteiger partial charge in [0.15, 0.2) is 0 Å². The molecule has 2 aromatic carbocycles. The third-order valence-electron chi connectivity index (χ3n) is 8.28. The number of anilines is 1. The first-order valence-corrected chi connectivity index (χ1v) is 14.1. The van der Waals surface area contributed by atoms with Gasteiger partial charge in [0.2, 0.25) is 11.8 Å². The summed E-state index contributed by atoms with van der Waals surface area (Å²) in [6.07, 6.45) is 0.887. The van der Waals surface area contributed by atoms with E-state index in [1.54, 1.807) is 43.1 Å². The number of benzene rings is 2. The maximum Gasteiger partial charge on any atom is 0.305 e. The molecule has 3 heterocycles. The van der Waals surface area contributed by atoms with Crippen LogP contribution >= 0.6 is 39.0 Å². The van der Waals surface area contributed by atoms with Crippen LogP contribution < -0.4 is 14.5 Å². The number of nitrogens with one attached hydrogen (secondary N) is 1. The van der Waals surface area contributed by atoms with E-state index in [4.69, 9.17) is 4.74 Å². The number of thiazole rings is 1. The number of fused-ring (bicyclic) bond motifs is 9. The summed E-state index contributed by atoms with van der Waals surface area (Å²) in [5.41, 5.74) is 1.77. The van der Waals surface area contributed by atoms with E-state index in [0.29, 0.717) is 11.4 Å². The number of carbonyl (C=O) groups excluding carboxylic acids is 2. The van der Waals surface area contributed by atoms with Crippen LogP contribution in [0.25, 0.3) is 0 Å². The van der Waals surface area contributed by atoms with Crippen molar-refractivity contribution in [3.63, 3.8) is 0 Å². The van der Waals surface area contributed by atoms with E-state index in [2.05, 4.69) is 33.0 Å². The minimum absolute atomic E-state index is 0.0437. The molecule has 1 N–H and O–H groups in total. The number of nitrogens with zero attached hydrogens (tertiary/aromatic N) is 1. The van der Waals surface area contributed by atoms with E-state index in [1.807, 2.05) is 12.1 Å². The van der Waals surface area contributed by atoms with Crippen molar-refractivity contribution < 1.29 is 14.3 Å². The fraction of sp³-hybridized carbons (Fsp3) is 0.346. The molecule has 2 bridgehead atoms. The third kappa shape index (κ3) is 3.04. The molecule has 3 aromatic rings. The molecule has 2 aliphatic carbocycles. The molecule has 2 amide bonds. The lowest BCUT2D eigenvalue weighted by Gasteiger charge is -2.43. The Hall–Kier alpha value is -2.36. The summed E-state index contributed by atoms with van der Waals surface area (Å²) >= 11 is 6.53. The van der Waals surface area contributed by atoms with Crippen molar-refractivity contribution in [1.82, 2.24) is 4.98 Å². The maximum atomic E-state index is 13.8. The molecule has 2 aliphatic heterocycles. The van der Waals surface area contributed by atoms with Crippen molar-refractivity contribution in [2.45, 2.75) is 22.6 Å². The second kappa shape index (κ2) is 7.82. The van der Waals surface area contributed by atoms with Gasteiger partial charge in [-0.05, 0) is 66.1 Å². The smallest absolute Gasteiger partial charge is 0.305 e. The number of hydrogen-bond donors (Lipinski definition) is 1. The van der Waals surface area contributed by atoms with E-state index < -0.39 is 0 Å². The van der Waals surface area contributed by atoms with Crippen LogP contribution in [0.4, 0.5) is 5.69 Å². The van der Waals surface area contributed by atoms with E-state index in [0.717, 1.165) is 26.4 Å². The standard InChI is InChI=1S/C26H21BrN2O4S2/c1-33-14-8-6-13(7-9-14)29-24(30)19-15-10-16(20(19)25(29)31)21-18(15)17(11-2-4-12(27)5-3-11)22-23(34-21)28-26(32)35-22/h2-9,15-21H,10H2,1H3,(H,28,32)/t15?,16?,17-,18?,19?,20?,21?/m1/s1. The number of aromatic amines is 1. The van der Waals surface area contributed by atoms with Gasteiger partial charge in [0.25, 0.3) is 0 Å². The number of aromatic nitrogens is 1. The maximum absolute atomic E-state index is 13.8. The van der Waals surface area contributed by atoms with Gasteiger partial charge < -0.3 is 9.72 Å². The Bertz CT molecular complexity index is 1420. The Morgan fingerprint density at radius 3 is 2.34 bits per heavy atom. The highest BCUT2D eigenvalue weighted by molar-refractivity contribution is 9.10. The second-order valence-corrected chi connectivity index (χ2v) is 12.8. The normalized spacial score (nSPS) is 32.5. The van der Waals surface area contributed by atoms with Crippen LogP contribution in [0, 0.1) is 29.6 Å². The van der Waals surface area contributed by atoms with Gasteiger partial charge in [0.05, 0.1) is 29.7 Å². The zero-order chi connectivity index (χ0) is 24.0. The van der Waals surface area contributed by atoms with Gasteiger partial charge in [-0.2, -0.15) is 0 Å². The molecule has 6 unspecified atom stereocenters. The predicted molar refractivity (Wildman–Crippen MR) is 138 cm³/mol. The monoisotopic (exact) mass is 568 g/mol. The van der Waals surface area contributed by atoms with Crippen LogP contribution in [0.15, 0.2) is 62.8 Å². The molecule has 6 nitrogen and oxygen atoms in total. The van der Waals surface area contributed by atoms with E-state index in [9.17, 15) is 14.4 Å². The van der Waals surface area contributed by atoms with Gasteiger partial charge in [-0.15, -0.1) is 11.8 Å². The Morgan fingerprint density at radius 2 is 1.66 bits per heavy atom. The first-order valence-electron chi connectivity index (χ1n) is 11.6. The fourth-order valence-electron chi connectivity index (χ4n) is 7.05. The van der Waals surface area contributed by atoms with E-state index in [1.165, 1.54) is 16.2 Å². The molecule has 178 valence electrons. The summed E-state index contributed by atoms with van der Waals surface area (Å²) in [5, 5.41) is 1.13. The number of amides is 2. The molecule has 7 rings (SSSR count). The molecular formula is C26H21BrN2O4S2. The Labute approximate surface area is 218 Å². The third-order valence-corrected chi connectivity index (χ3v) is 11.4. The van der Waals surface area contributed by atoms with Crippen LogP contribution in [-0.2, 0) is 9.59 Å². The van der Waals surface area contributed by atoms with Gasteiger partial charge >= 0.3 is 4.87 Å². The van der Waals surface area contributed by atoms with Crippen molar-refractivity contribution >= 4 is 56.5 Å². The lowest BCUT2D eigenvalue weighted by atomic mass is 9.68. The summed E-state index contributed by atoms with van der Waals surface area (Å²) in [5.74, 6) is 0.419. The van der Waals surface area contributed by atoms with Crippen molar-refractivity contribution in [2.75, 3.05) is 12.0 Å². The highest BCUT2D eigenvalue weighted by Gasteiger charge is 2.69. The SMILES string of the molecule is COc1ccc(N2C(=O)C3C4CC(C3C2=O)C2C4Sc3[nH]c(=O)sc3[C@@H]2c2ccc(Br)cc2)cc1. The molecule has 1 aromatic heterocycles. The zero-order valence-corrected chi connectivity index (χ0v) is 21.9. The first-order chi connectivity index (χ1) is 17.0. The summed E-state index contributed by atoms with van der Waals surface area (Å²) in [7, 11) is 1.59. The van der Waals surface area contributed by atoms with E-state index in [-0.39, 0.29) is 57.4 Å². The fourth-order valence-corrected chi connectivity index (χ4v) is 10.2. The van der Waals surface area contributed by atoms with Gasteiger partial charge in [-0.1, -0.05) is 39.4 Å². The Morgan fingerprint density at radius 1 is 0.971 bits per heavy atom. The minimum atomic E-state index is -0.299. The Kier molecular flexibility index (Phi) is 4.89. The number of H-pyrrole nitrogens is 1. The number of thioether (sulfide) groups is 1. The zero-order valence-electron chi connectivity index (χ0n) is 18.6. The molecule has 1 saturated heterocycles. The number of methoxy groups -OCH3 is 1. The summed E-state index contributed by atoms with van der Waals surface area (Å²) in [6, 6.07) is 15.4. The summed E-state index contributed by atoms with van der Waals surface area (Å²) in [6.45, 7) is 0. The highest BCUT2D eigenvalue weighted by atomic mass is 79.9. The molecule has 2 saturated carbocycles. The van der Waals surface area contributed by atoms with Gasteiger partial charge in [-0.25, -0.2) is 0 Å². The number of carbonyl (C=O) groups is 2.